The van der Waals surface area contributed by atoms with Crippen LogP contribution in [-0.4, -0.2) is 26.2 Å². The topological polar surface area (TPSA) is 74.2 Å². The van der Waals surface area contributed by atoms with E-state index in [4.69, 9.17) is 9.47 Å². The van der Waals surface area contributed by atoms with Crippen molar-refractivity contribution in [1.82, 2.24) is 14.3 Å². The SMILES string of the molecule is CC(=O)c1nc(-c2cnc(Oc3ccc(OC(C)C)cc3)s2)ns1. The first kappa shape index (κ1) is 16.5. The Morgan fingerprint density at radius 3 is 2.50 bits per heavy atom. The van der Waals surface area contributed by atoms with Gasteiger partial charge in [0.05, 0.1) is 17.2 Å². The normalized spacial score (nSPS) is 10.8. The molecule has 0 saturated heterocycles. The molecule has 2 heterocycles. The average molecular weight is 361 g/mol. The fraction of sp³-hybridized carbons (Fsp3) is 0.250. The number of Topliss-reactive ketones (excluding diaryl/α,β-unsaturated/α-hetero) is 1. The van der Waals surface area contributed by atoms with Crippen molar-refractivity contribution in [3.8, 4) is 27.4 Å². The molecule has 0 unspecified atom stereocenters. The van der Waals surface area contributed by atoms with Crippen LogP contribution in [0.5, 0.6) is 16.7 Å². The molecule has 0 amide bonds. The summed E-state index contributed by atoms with van der Waals surface area (Å²) >= 11 is 2.41. The molecule has 3 rings (SSSR count). The molecular weight excluding hydrogens is 346 g/mol. The summed E-state index contributed by atoms with van der Waals surface area (Å²) in [6.07, 6.45) is 1.77. The standard InChI is InChI=1S/C16H15N3O3S2/c1-9(2)21-11-4-6-12(7-5-11)22-16-17-8-13(23-16)14-18-15(10(3)20)24-19-14/h4-9H,1-3H3. The van der Waals surface area contributed by atoms with E-state index in [9.17, 15) is 4.79 Å². The molecule has 0 radical (unpaired) electrons. The van der Waals surface area contributed by atoms with E-state index in [0.29, 0.717) is 21.8 Å². The van der Waals surface area contributed by atoms with Crippen LogP contribution >= 0.6 is 22.9 Å². The summed E-state index contributed by atoms with van der Waals surface area (Å²) in [6, 6.07) is 7.36. The summed E-state index contributed by atoms with van der Waals surface area (Å²) in [6.45, 7) is 5.43. The maximum atomic E-state index is 11.3. The molecule has 0 aliphatic heterocycles. The van der Waals surface area contributed by atoms with Gasteiger partial charge in [-0.1, -0.05) is 11.3 Å². The number of rotatable bonds is 6. The van der Waals surface area contributed by atoms with Crippen LogP contribution in [0.25, 0.3) is 10.7 Å². The van der Waals surface area contributed by atoms with Crippen LogP contribution in [0.1, 0.15) is 30.6 Å². The zero-order valence-corrected chi connectivity index (χ0v) is 15.0. The lowest BCUT2D eigenvalue weighted by molar-refractivity contribution is 0.101. The van der Waals surface area contributed by atoms with Crippen molar-refractivity contribution in [2.24, 2.45) is 0 Å². The van der Waals surface area contributed by atoms with Crippen LogP contribution in [0.2, 0.25) is 0 Å². The number of thiazole rings is 1. The lowest BCUT2D eigenvalue weighted by atomic mass is 10.3. The van der Waals surface area contributed by atoms with Gasteiger partial charge in [-0.25, -0.2) is 9.97 Å². The van der Waals surface area contributed by atoms with E-state index in [-0.39, 0.29) is 11.9 Å². The lowest BCUT2D eigenvalue weighted by Crippen LogP contribution is -2.05. The van der Waals surface area contributed by atoms with Gasteiger partial charge in [0.1, 0.15) is 11.5 Å². The first-order valence-corrected chi connectivity index (χ1v) is 8.85. The van der Waals surface area contributed by atoms with Crippen molar-refractivity contribution >= 4 is 28.7 Å². The third-order valence-electron chi connectivity index (χ3n) is 2.83. The van der Waals surface area contributed by atoms with Crippen LogP contribution in [-0.2, 0) is 0 Å². The van der Waals surface area contributed by atoms with Crippen molar-refractivity contribution in [3.63, 3.8) is 0 Å². The monoisotopic (exact) mass is 361 g/mol. The number of carbonyl (C=O) groups excluding carboxylic acids is 1. The Hall–Kier alpha value is -2.32. The molecule has 0 fully saturated rings. The molecule has 0 saturated carbocycles. The Labute approximate surface area is 147 Å². The number of hydrogen-bond donors (Lipinski definition) is 0. The Morgan fingerprint density at radius 2 is 1.88 bits per heavy atom. The second-order valence-electron chi connectivity index (χ2n) is 5.21. The molecule has 0 aliphatic rings. The largest absolute Gasteiger partial charge is 0.491 e. The van der Waals surface area contributed by atoms with E-state index in [1.165, 1.54) is 18.3 Å². The second kappa shape index (κ2) is 7.06. The highest BCUT2D eigenvalue weighted by molar-refractivity contribution is 7.17. The van der Waals surface area contributed by atoms with Gasteiger partial charge < -0.3 is 9.47 Å². The van der Waals surface area contributed by atoms with Crippen LogP contribution in [0.3, 0.4) is 0 Å². The summed E-state index contributed by atoms with van der Waals surface area (Å²) in [7, 11) is 0. The van der Waals surface area contributed by atoms with Crippen LogP contribution < -0.4 is 9.47 Å². The number of nitrogens with zero attached hydrogens (tertiary/aromatic N) is 3. The second-order valence-corrected chi connectivity index (χ2v) is 6.95. The first-order chi connectivity index (χ1) is 11.5. The average Bonchev–Trinajstić information content (AvgIpc) is 3.17. The molecule has 0 spiro atoms. The number of ketones is 1. The molecule has 3 aromatic rings. The number of aromatic nitrogens is 3. The van der Waals surface area contributed by atoms with E-state index in [1.54, 1.807) is 6.20 Å². The zero-order valence-electron chi connectivity index (χ0n) is 13.3. The minimum absolute atomic E-state index is 0.0940. The quantitative estimate of drug-likeness (QED) is 0.604. The molecule has 0 N–H and O–H groups in total. The minimum atomic E-state index is -0.0940. The van der Waals surface area contributed by atoms with Crippen molar-refractivity contribution in [2.75, 3.05) is 0 Å². The molecule has 24 heavy (non-hydrogen) atoms. The smallest absolute Gasteiger partial charge is 0.279 e. The predicted octanol–water partition coefficient (Wildman–Crippen LogP) is 4.44. The van der Waals surface area contributed by atoms with Crippen molar-refractivity contribution in [2.45, 2.75) is 26.9 Å². The predicted molar refractivity (Wildman–Crippen MR) is 93.3 cm³/mol. The van der Waals surface area contributed by atoms with E-state index >= 15 is 0 Å². The van der Waals surface area contributed by atoms with E-state index < -0.39 is 0 Å². The van der Waals surface area contributed by atoms with Crippen LogP contribution in [0.4, 0.5) is 0 Å². The molecule has 0 aliphatic carbocycles. The summed E-state index contributed by atoms with van der Waals surface area (Å²) in [5, 5.41) is 0.878. The molecule has 2 aromatic heterocycles. The van der Waals surface area contributed by atoms with E-state index in [2.05, 4.69) is 14.3 Å². The molecular formula is C16H15N3O3S2. The molecule has 8 heteroatoms. The van der Waals surface area contributed by atoms with E-state index in [0.717, 1.165) is 22.2 Å². The minimum Gasteiger partial charge on any atom is -0.491 e. The number of benzene rings is 1. The highest BCUT2D eigenvalue weighted by atomic mass is 32.1. The highest BCUT2D eigenvalue weighted by Gasteiger charge is 2.13. The number of carbonyl (C=O) groups is 1. The van der Waals surface area contributed by atoms with Gasteiger partial charge >= 0.3 is 0 Å². The Bertz CT molecular complexity index is 840. The summed E-state index contributed by atoms with van der Waals surface area (Å²) < 4.78 is 15.5. The molecule has 1 aromatic carbocycles. The molecule has 0 bridgehead atoms. The first-order valence-electron chi connectivity index (χ1n) is 7.26. The van der Waals surface area contributed by atoms with Crippen molar-refractivity contribution < 1.29 is 14.3 Å². The van der Waals surface area contributed by atoms with Gasteiger partial charge in [0.2, 0.25) is 0 Å². The third-order valence-corrected chi connectivity index (χ3v) is 4.52. The molecule has 0 atom stereocenters. The lowest BCUT2D eigenvalue weighted by Gasteiger charge is -2.09. The number of hydrogen-bond acceptors (Lipinski definition) is 8. The maximum absolute atomic E-state index is 11.3. The van der Waals surface area contributed by atoms with Gasteiger partial charge in [-0.15, -0.1) is 0 Å². The summed E-state index contributed by atoms with van der Waals surface area (Å²) in [5.74, 6) is 1.87. The van der Waals surface area contributed by atoms with Gasteiger partial charge in [-0.2, -0.15) is 4.37 Å². The third kappa shape index (κ3) is 3.95. The Balaban J connectivity index is 1.70. The number of ether oxygens (including phenoxy) is 2. The van der Waals surface area contributed by atoms with Crippen LogP contribution in [0, 0.1) is 0 Å². The Kier molecular flexibility index (Phi) is 4.86. The fourth-order valence-electron chi connectivity index (χ4n) is 1.83. The van der Waals surface area contributed by atoms with Gasteiger partial charge in [0.25, 0.3) is 5.19 Å². The van der Waals surface area contributed by atoms with Gasteiger partial charge in [0, 0.05) is 6.92 Å². The highest BCUT2D eigenvalue weighted by Crippen LogP contribution is 2.32. The van der Waals surface area contributed by atoms with Gasteiger partial charge in [-0.05, 0) is 49.6 Å². The van der Waals surface area contributed by atoms with Crippen LogP contribution in [0.15, 0.2) is 30.5 Å². The Morgan fingerprint density at radius 1 is 1.17 bits per heavy atom. The van der Waals surface area contributed by atoms with Gasteiger partial charge in [-0.3, -0.25) is 4.79 Å². The van der Waals surface area contributed by atoms with Gasteiger partial charge in [0.15, 0.2) is 16.6 Å². The van der Waals surface area contributed by atoms with E-state index in [1.807, 2.05) is 38.1 Å². The maximum Gasteiger partial charge on any atom is 0.279 e. The fourth-order valence-corrected chi connectivity index (χ4v) is 3.18. The van der Waals surface area contributed by atoms with Crippen molar-refractivity contribution in [1.29, 1.82) is 0 Å². The van der Waals surface area contributed by atoms with Crippen molar-refractivity contribution in [3.05, 3.63) is 35.5 Å². The molecule has 6 nitrogen and oxygen atoms in total. The zero-order chi connectivity index (χ0) is 17.1. The summed E-state index contributed by atoms with van der Waals surface area (Å²) in [4.78, 5) is 20.5. The molecule has 124 valence electrons. The summed E-state index contributed by atoms with van der Waals surface area (Å²) in [5.41, 5.74) is 0.